The maximum Gasteiger partial charge on any atom is 0.255 e. The second-order valence-electron chi connectivity index (χ2n) is 5.89. The monoisotopic (exact) mass is 396 g/mol. The quantitative estimate of drug-likeness (QED) is 0.671. The van der Waals surface area contributed by atoms with Gasteiger partial charge in [-0.1, -0.05) is 6.07 Å². The van der Waals surface area contributed by atoms with Crippen LogP contribution in [0.1, 0.15) is 23.2 Å². The summed E-state index contributed by atoms with van der Waals surface area (Å²) in [5.41, 5.74) is 1.81. The Labute approximate surface area is 165 Å². The molecular weight excluding hydrogens is 375 g/mol. The summed E-state index contributed by atoms with van der Waals surface area (Å²) in [5.74, 6) is 0.435. The van der Waals surface area contributed by atoms with E-state index in [0.29, 0.717) is 23.5 Å². The van der Waals surface area contributed by atoms with Crippen molar-refractivity contribution in [3.63, 3.8) is 0 Å². The first-order valence-electron chi connectivity index (χ1n) is 8.03. The second kappa shape index (κ2) is 10.8. The molecule has 1 heterocycles. The first-order chi connectivity index (χ1) is 11.7. The molecule has 3 rings (SSSR count). The largest absolute Gasteiger partial charge is 0.325 e. The fourth-order valence-corrected chi connectivity index (χ4v) is 2.30. The summed E-state index contributed by atoms with van der Waals surface area (Å²) >= 11 is 0. The molecule has 2 amide bonds. The minimum Gasteiger partial charge on any atom is -0.325 e. The van der Waals surface area contributed by atoms with Crippen LogP contribution in [0.4, 0.5) is 11.4 Å². The second-order valence-corrected chi connectivity index (χ2v) is 5.89. The summed E-state index contributed by atoms with van der Waals surface area (Å²) in [5, 5.41) is 8.78. The van der Waals surface area contributed by atoms with Crippen LogP contribution in [-0.4, -0.2) is 29.9 Å². The van der Waals surface area contributed by atoms with Gasteiger partial charge in [0.1, 0.15) is 0 Å². The molecular formula is C18H22Cl2N4O2. The van der Waals surface area contributed by atoms with Crippen molar-refractivity contribution in [1.29, 1.82) is 0 Å². The van der Waals surface area contributed by atoms with Gasteiger partial charge in [-0.3, -0.25) is 14.6 Å². The van der Waals surface area contributed by atoms with Crippen LogP contribution < -0.4 is 16.0 Å². The third kappa shape index (κ3) is 7.00. The number of rotatable bonds is 7. The molecule has 0 spiro atoms. The van der Waals surface area contributed by atoms with E-state index < -0.39 is 0 Å². The highest BCUT2D eigenvalue weighted by atomic mass is 35.5. The number of hydrogen-bond donors (Lipinski definition) is 3. The number of benzene rings is 1. The summed E-state index contributed by atoms with van der Waals surface area (Å²) in [7, 11) is 0. The van der Waals surface area contributed by atoms with Crippen molar-refractivity contribution >= 4 is 48.0 Å². The lowest BCUT2D eigenvalue weighted by Gasteiger charge is -2.09. The van der Waals surface area contributed by atoms with Gasteiger partial charge in [0.25, 0.3) is 5.91 Å². The smallest absolute Gasteiger partial charge is 0.255 e. The molecule has 0 aliphatic heterocycles. The minimum absolute atomic E-state index is 0. The lowest BCUT2D eigenvalue weighted by atomic mass is 10.2. The van der Waals surface area contributed by atoms with Gasteiger partial charge in [0.15, 0.2) is 0 Å². The number of carbonyl (C=O) groups excluding carboxylic acids is 2. The highest BCUT2D eigenvalue weighted by Gasteiger charge is 2.20. The number of nitrogens with zero attached hydrogens (tertiary/aromatic N) is 1. The molecule has 0 atom stereocenters. The van der Waals surface area contributed by atoms with Gasteiger partial charge in [0, 0.05) is 29.3 Å². The van der Waals surface area contributed by atoms with Crippen molar-refractivity contribution in [2.24, 2.45) is 5.92 Å². The van der Waals surface area contributed by atoms with Crippen molar-refractivity contribution in [3.8, 4) is 0 Å². The van der Waals surface area contributed by atoms with Crippen molar-refractivity contribution in [2.75, 3.05) is 23.7 Å². The zero-order valence-electron chi connectivity index (χ0n) is 14.1. The molecule has 1 fully saturated rings. The molecule has 0 radical (unpaired) electrons. The van der Waals surface area contributed by atoms with Crippen LogP contribution in [0.25, 0.3) is 0 Å². The fraction of sp³-hybridized carbons (Fsp3) is 0.278. The number of hydrogen-bond acceptors (Lipinski definition) is 4. The molecule has 0 saturated heterocycles. The highest BCUT2D eigenvalue weighted by molar-refractivity contribution is 6.04. The number of aromatic nitrogens is 1. The number of halogens is 2. The standard InChI is InChI=1S/C18H20N4O2.2ClH/c23-17(12-20-11-13-4-5-13)21-15-2-1-3-16(10-15)22-18(24)14-6-8-19-9-7-14;;/h1-3,6-10,13,20H,4-5,11-12H2,(H,21,23)(H,22,24);2*1H. The molecule has 2 aromatic rings. The molecule has 0 bridgehead atoms. The Kier molecular flexibility index (Phi) is 9.05. The lowest BCUT2D eigenvalue weighted by Crippen LogP contribution is -2.29. The van der Waals surface area contributed by atoms with Crippen molar-refractivity contribution in [2.45, 2.75) is 12.8 Å². The summed E-state index contributed by atoms with van der Waals surface area (Å²) in [6, 6.07) is 10.4. The first kappa shape index (κ1) is 21.9. The number of pyridine rings is 1. The number of amides is 2. The summed E-state index contributed by atoms with van der Waals surface area (Å²) in [6.45, 7) is 1.19. The molecule has 0 unspecified atom stereocenters. The summed E-state index contributed by atoms with van der Waals surface area (Å²) < 4.78 is 0. The maximum absolute atomic E-state index is 12.1. The van der Waals surface area contributed by atoms with E-state index in [2.05, 4.69) is 20.9 Å². The van der Waals surface area contributed by atoms with Crippen LogP contribution in [0.15, 0.2) is 48.8 Å². The first-order valence-corrected chi connectivity index (χ1v) is 8.03. The van der Waals surface area contributed by atoms with Gasteiger partial charge in [-0.25, -0.2) is 0 Å². The van der Waals surface area contributed by atoms with E-state index in [1.54, 1.807) is 48.8 Å². The molecule has 3 N–H and O–H groups in total. The van der Waals surface area contributed by atoms with Crippen molar-refractivity contribution in [1.82, 2.24) is 10.3 Å². The number of anilines is 2. The molecule has 6 nitrogen and oxygen atoms in total. The van der Waals surface area contributed by atoms with Crippen molar-refractivity contribution in [3.05, 3.63) is 54.4 Å². The average molecular weight is 397 g/mol. The highest BCUT2D eigenvalue weighted by Crippen LogP contribution is 2.27. The zero-order chi connectivity index (χ0) is 16.8. The third-order valence-electron chi connectivity index (χ3n) is 3.76. The van der Waals surface area contributed by atoms with E-state index in [1.165, 1.54) is 12.8 Å². The van der Waals surface area contributed by atoms with E-state index in [-0.39, 0.29) is 36.6 Å². The Bertz CT molecular complexity index is 724. The van der Waals surface area contributed by atoms with E-state index in [4.69, 9.17) is 0 Å². The SMILES string of the molecule is Cl.Cl.O=C(CNCC1CC1)Nc1cccc(NC(=O)c2ccncc2)c1. The van der Waals surface area contributed by atoms with Gasteiger partial charge < -0.3 is 16.0 Å². The van der Waals surface area contributed by atoms with Crippen molar-refractivity contribution < 1.29 is 9.59 Å². The number of carbonyl (C=O) groups is 2. The Morgan fingerprint density at radius 1 is 1.00 bits per heavy atom. The summed E-state index contributed by atoms with van der Waals surface area (Å²) in [6.07, 6.45) is 5.65. The molecule has 1 aromatic heterocycles. The average Bonchev–Trinajstić information content (AvgIpc) is 3.40. The Hall–Kier alpha value is -2.15. The van der Waals surface area contributed by atoms with E-state index in [1.807, 2.05) is 0 Å². The fourth-order valence-electron chi connectivity index (χ4n) is 2.30. The molecule has 1 aromatic carbocycles. The molecule has 140 valence electrons. The molecule has 1 saturated carbocycles. The van der Waals surface area contributed by atoms with E-state index in [0.717, 1.165) is 12.5 Å². The molecule has 8 heteroatoms. The van der Waals surface area contributed by atoms with Gasteiger partial charge in [-0.2, -0.15) is 0 Å². The van der Waals surface area contributed by atoms with Crippen LogP contribution >= 0.6 is 24.8 Å². The minimum atomic E-state index is -0.216. The molecule has 1 aliphatic rings. The van der Waals surface area contributed by atoms with Crippen LogP contribution in [-0.2, 0) is 4.79 Å². The molecule has 26 heavy (non-hydrogen) atoms. The maximum atomic E-state index is 12.1. The van der Waals surface area contributed by atoms with Gasteiger partial charge >= 0.3 is 0 Å². The Balaban J connectivity index is 0.00000169. The Morgan fingerprint density at radius 2 is 1.65 bits per heavy atom. The van der Waals surface area contributed by atoms with Gasteiger partial charge in [-0.05, 0) is 55.6 Å². The third-order valence-corrected chi connectivity index (χ3v) is 3.76. The predicted octanol–water partition coefficient (Wildman–Crippen LogP) is 3.12. The van der Waals surface area contributed by atoms with Crippen LogP contribution in [0.5, 0.6) is 0 Å². The van der Waals surface area contributed by atoms with Crippen LogP contribution in [0, 0.1) is 5.92 Å². The zero-order valence-corrected chi connectivity index (χ0v) is 15.7. The van der Waals surface area contributed by atoms with Gasteiger partial charge in [0.05, 0.1) is 6.54 Å². The topological polar surface area (TPSA) is 83.1 Å². The van der Waals surface area contributed by atoms with Gasteiger partial charge in [-0.15, -0.1) is 24.8 Å². The Morgan fingerprint density at radius 3 is 2.31 bits per heavy atom. The van der Waals surface area contributed by atoms with E-state index in [9.17, 15) is 9.59 Å². The van der Waals surface area contributed by atoms with Crippen LogP contribution in [0.3, 0.4) is 0 Å². The molecule has 1 aliphatic carbocycles. The van der Waals surface area contributed by atoms with Crippen LogP contribution in [0.2, 0.25) is 0 Å². The van der Waals surface area contributed by atoms with Gasteiger partial charge in [0.2, 0.25) is 5.91 Å². The number of nitrogens with one attached hydrogen (secondary N) is 3. The normalized spacial score (nSPS) is 12.3. The predicted molar refractivity (Wildman–Crippen MR) is 107 cm³/mol. The summed E-state index contributed by atoms with van der Waals surface area (Å²) in [4.78, 5) is 27.9. The lowest BCUT2D eigenvalue weighted by molar-refractivity contribution is -0.115. The van der Waals surface area contributed by atoms with E-state index >= 15 is 0 Å².